The molecule has 0 aliphatic heterocycles. The molecule has 2 aromatic rings. The lowest BCUT2D eigenvalue weighted by Gasteiger charge is -1.96. The normalized spacial score (nSPS) is 10.6. The molecule has 0 radical (unpaired) electrons. The predicted molar refractivity (Wildman–Crippen MR) is 63.2 cm³/mol. The lowest BCUT2D eigenvalue weighted by Crippen LogP contribution is -2.01. The number of ketones is 1. The number of thiophene rings is 1. The van der Waals surface area contributed by atoms with Crippen LogP contribution in [0.2, 0.25) is 4.34 Å². The lowest BCUT2D eigenvalue weighted by molar-refractivity contribution is 0.102. The summed E-state index contributed by atoms with van der Waals surface area (Å²) in [5, 5.41) is 11.6. The molecule has 84 valence electrons. The van der Waals surface area contributed by atoms with Crippen molar-refractivity contribution >= 4 is 40.5 Å². The molecule has 0 aliphatic rings. The van der Waals surface area contributed by atoms with Gasteiger partial charge in [0, 0.05) is 7.05 Å². The molecular weight excluding hydrogens is 268 g/mol. The number of aromatic nitrogens is 4. The average molecular weight is 275 g/mol. The van der Waals surface area contributed by atoms with Crippen LogP contribution in [0, 0.1) is 0 Å². The van der Waals surface area contributed by atoms with E-state index in [1.807, 2.05) is 0 Å². The van der Waals surface area contributed by atoms with Gasteiger partial charge in [-0.25, -0.2) is 4.68 Å². The summed E-state index contributed by atoms with van der Waals surface area (Å²) in [6.45, 7) is 0. The zero-order valence-electron chi connectivity index (χ0n) is 8.25. The monoisotopic (exact) mass is 274 g/mol. The SMILES string of the molecule is Cn1nnnc1SCC(=O)c1ccc(Cl)s1. The molecule has 0 bridgehead atoms. The van der Waals surface area contributed by atoms with Crippen LogP contribution in [0.1, 0.15) is 9.67 Å². The van der Waals surface area contributed by atoms with Crippen LogP contribution in [-0.4, -0.2) is 31.7 Å². The largest absolute Gasteiger partial charge is 0.292 e. The van der Waals surface area contributed by atoms with E-state index in [-0.39, 0.29) is 5.78 Å². The number of tetrazole rings is 1. The Morgan fingerprint density at radius 3 is 3.00 bits per heavy atom. The van der Waals surface area contributed by atoms with Crippen molar-refractivity contribution in [3.05, 3.63) is 21.3 Å². The Hall–Kier alpha value is -0.920. The first-order chi connectivity index (χ1) is 7.66. The fourth-order valence-electron chi connectivity index (χ4n) is 1.01. The molecule has 0 unspecified atom stereocenters. The van der Waals surface area contributed by atoms with Gasteiger partial charge in [0.2, 0.25) is 5.16 Å². The van der Waals surface area contributed by atoms with Crippen LogP contribution in [-0.2, 0) is 7.05 Å². The molecule has 0 spiro atoms. The van der Waals surface area contributed by atoms with Crippen molar-refractivity contribution in [1.29, 1.82) is 0 Å². The second kappa shape index (κ2) is 4.94. The van der Waals surface area contributed by atoms with E-state index in [2.05, 4.69) is 15.5 Å². The Labute approximate surface area is 105 Å². The van der Waals surface area contributed by atoms with Gasteiger partial charge in [-0.05, 0) is 22.6 Å². The smallest absolute Gasteiger partial charge is 0.209 e. The number of aryl methyl sites for hydroxylation is 1. The van der Waals surface area contributed by atoms with E-state index in [1.54, 1.807) is 19.2 Å². The summed E-state index contributed by atoms with van der Waals surface area (Å²) in [5.74, 6) is 0.343. The number of hydrogen-bond donors (Lipinski definition) is 0. The highest BCUT2D eigenvalue weighted by molar-refractivity contribution is 7.99. The minimum atomic E-state index is 0.0323. The lowest BCUT2D eigenvalue weighted by atomic mass is 10.4. The molecule has 2 aromatic heterocycles. The first-order valence-electron chi connectivity index (χ1n) is 4.30. The van der Waals surface area contributed by atoms with E-state index < -0.39 is 0 Å². The minimum absolute atomic E-state index is 0.0323. The third kappa shape index (κ3) is 2.60. The summed E-state index contributed by atoms with van der Waals surface area (Å²) in [6.07, 6.45) is 0. The van der Waals surface area contributed by atoms with E-state index in [1.165, 1.54) is 27.8 Å². The van der Waals surface area contributed by atoms with Crippen LogP contribution < -0.4 is 0 Å². The third-order valence-corrected chi connectivity index (χ3v) is 4.04. The van der Waals surface area contributed by atoms with Gasteiger partial charge in [0.05, 0.1) is 15.0 Å². The Morgan fingerprint density at radius 2 is 2.44 bits per heavy atom. The Balaban J connectivity index is 1.96. The molecule has 0 fully saturated rings. The van der Waals surface area contributed by atoms with Crippen molar-refractivity contribution in [2.75, 3.05) is 5.75 Å². The predicted octanol–water partition coefficient (Wildman–Crippen LogP) is 1.90. The minimum Gasteiger partial charge on any atom is -0.292 e. The van der Waals surface area contributed by atoms with E-state index in [4.69, 9.17) is 11.6 Å². The molecule has 0 aromatic carbocycles. The average Bonchev–Trinajstić information content (AvgIpc) is 2.84. The Bertz CT molecular complexity index is 510. The van der Waals surface area contributed by atoms with Crippen LogP contribution in [0.3, 0.4) is 0 Å². The maximum atomic E-state index is 11.7. The summed E-state index contributed by atoms with van der Waals surface area (Å²) < 4.78 is 2.15. The van der Waals surface area contributed by atoms with Gasteiger partial charge < -0.3 is 0 Å². The number of Topliss-reactive ketones (excluding diaryl/α,β-unsaturated/α-hetero) is 1. The number of rotatable bonds is 4. The maximum Gasteiger partial charge on any atom is 0.209 e. The van der Waals surface area contributed by atoms with Gasteiger partial charge in [0.25, 0.3) is 0 Å². The Kier molecular flexibility index (Phi) is 3.57. The van der Waals surface area contributed by atoms with Crippen molar-refractivity contribution < 1.29 is 4.79 Å². The summed E-state index contributed by atoms with van der Waals surface area (Å²) in [7, 11) is 1.73. The zero-order valence-corrected chi connectivity index (χ0v) is 10.6. The zero-order chi connectivity index (χ0) is 11.5. The molecular formula is C8H7ClN4OS2. The molecule has 0 saturated heterocycles. The van der Waals surface area contributed by atoms with Crippen LogP contribution in [0.4, 0.5) is 0 Å². The molecule has 0 amide bonds. The molecule has 0 aliphatic carbocycles. The number of hydrogen-bond acceptors (Lipinski definition) is 6. The third-order valence-electron chi connectivity index (χ3n) is 1.76. The van der Waals surface area contributed by atoms with Gasteiger partial charge in [-0.1, -0.05) is 23.4 Å². The summed E-state index contributed by atoms with van der Waals surface area (Å²) in [6, 6.07) is 3.44. The van der Waals surface area contributed by atoms with Gasteiger partial charge in [-0.2, -0.15) is 0 Å². The van der Waals surface area contributed by atoms with Crippen molar-refractivity contribution in [3.63, 3.8) is 0 Å². The fourth-order valence-corrected chi connectivity index (χ4v) is 2.81. The molecule has 16 heavy (non-hydrogen) atoms. The van der Waals surface area contributed by atoms with Crippen LogP contribution >= 0.6 is 34.7 Å². The van der Waals surface area contributed by atoms with E-state index in [0.29, 0.717) is 20.1 Å². The van der Waals surface area contributed by atoms with Gasteiger partial charge in [-0.3, -0.25) is 4.79 Å². The van der Waals surface area contributed by atoms with Crippen LogP contribution in [0.15, 0.2) is 17.3 Å². The molecule has 0 saturated carbocycles. The highest BCUT2D eigenvalue weighted by Crippen LogP contribution is 2.23. The first-order valence-corrected chi connectivity index (χ1v) is 6.48. The van der Waals surface area contributed by atoms with Gasteiger partial charge in [0.15, 0.2) is 5.78 Å². The van der Waals surface area contributed by atoms with Crippen LogP contribution in [0.5, 0.6) is 0 Å². The highest BCUT2D eigenvalue weighted by Gasteiger charge is 2.11. The number of nitrogens with zero attached hydrogens (tertiary/aromatic N) is 4. The topological polar surface area (TPSA) is 60.7 Å². The van der Waals surface area contributed by atoms with Gasteiger partial charge in [0.1, 0.15) is 0 Å². The number of carbonyl (C=O) groups is 1. The van der Waals surface area contributed by atoms with E-state index in [9.17, 15) is 4.79 Å². The number of halogens is 1. The van der Waals surface area contributed by atoms with Gasteiger partial charge >= 0.3 is 0 Å². The fraction of sp³-hybridized carbons (Fsp3) is 0.250. The Morgan fingerprint density at radius 1 is 1.62 bits per heavy atom. The molecule has 0 N–H and O–H groups in total. The quantitative estimate of drug-likeness (QED) is 0.629. The first kappa shape index (κ1) is 11.6. The number of thioether (sulfide) groups is 1. The number of carbonyl (C=O) groups excluding carboxylic acids is 1. The molecule has 2 rings (SSSR count). The molecule has 0 atom stereocenters. The van der Waals surface area contributed by atoms with Crippen molar-refractivity contribution in [2.24, 2.45) is 7.05 Å². The second-order valence-electron chi connectivity index (χ2n) is 2.90. The highest BCUT2D eigenvalue weighted by atomic mass is 35.5. The summed E-state index contributed by atoms with van der Waals surface area (Å²) >= 11 is 8.34. The van der Waals surface area contributed by atoms with Crippen LogP contribution in [0.25, 0.3) is 0 Å². The molecule has 2 heterocycles. The second-order valence-corrected chi connectivity index (χ2v) is 5.56. The summed E-state index contributed by atoms with van der Waals surface area (Å²) in [4.78, 5) is 12.4. The maximum absolute atomic E-state index is 11.7. The standard InChI is InChI=1S/C8H7ClN4OS2/c1-13-8(10-11-12-13)15-4-5(14)6-2-3-7(9)16-6/h2-3H,4H2,1H3. The van der Waals surface area contributed by atoms with Gasteiger partial charge in [-0.15, -0.1) is 16.4 Å². The summed E-state index contributed by atoms with van der Waals surface area (Å²) in [5.41, 5.74) is 0. The van der Waals surface area contributed by atoms with E-state index in [0.717, 1.165) is 0 Å². The molecule has 8 heteroatoms. The van der Waals surface area contributed by atoms with Crippen molar-refractivity contribution in [1.82, 2.24) is 20.2 Å². The molecule has 5 nitrogen and oxygen atoms in total. The van der Waals surface area contributed by atoms with Crippen molar-refractivity contribution in [3.8, 4) is 0 Å². The van der Waals surface area contributed by atoms with Crippen molar-refractivity contribution in [2.45, 2.75) is 5.16 Å². The van der Waals surface area contributed by atoms with E-state index >= 15 is 0 Å².